The molecule has 29 heavy (non-hydrogen) atoms. The predicted molar refractivity (Wildman–Crippen MR) is 114 cm³/mol. The summed E-state index contributed by atoms with van der Waals surface area (Å²) in [7, 11) is 1.95. The minimum Gasteiger partial charge on any atom is -0.329 e. The molecule has 0 saturated heterocycles. The number of benzene rings is 2. The zero-order valence-corrected chi connectivity index (χ0v) is 17.1. The first kappa shape index (κ1) is 19.4. The number of nitrogens with zero attached hydrogens (tertiary/aromatic N) is 3. The van der Waals surface area contributed by atoms with Crippen molar-refractivity contribution in [3.8, 4) is 10.6 Å². The Labute approximate surface area is 175 Å². The van der Waals surface area contributed by atoms with Crippen LogP contribution in [0.5, 0.6) is 0 Å². The Morgan fingerprint density at radius 3 is 2.79 bits per heavy atom. The number of thiazole rings is 1. The number of nitrogens with one attached hydrogen (secondary N) is 1. The van der Waals surface area contributed by atoms with E-state index in [-0.39, 0.29) is 18.1 Å². The Bertz CT molecular complexity index is 1140. The zero-order chi connectivity index (χ0) is 20.2. The molecule has 1 N–H and O–H groups in total. The largest absolute Gasteiger partial charge is 0.329 e. The fourth-order valence-electron chi connectivity index (χ4n) is 2.67. The summed E-state index contributed by atoms with van der Waals surface area (Å²) in [6, 6.07) is 13.9. The predicted octanol–water partition coefficient (Wildman–Crippen LogP) is 5.02. The Hall–Kier alpha value is -2.97. The minimum atomic E-state index is -0.304. The lowest BCUT2D eigenvalue weighted by Gasteiger charge is -2.06. The van der Waals surface area contributed by atoms with E-state index in [0.717, 1.165) is 15.7 Å². The van der Waals surface area contributed by atoms with Gasteiger partial charge in [-0.15, -0.1) is 11.3 Å². The van der Waals surface area contributed by atoms with Crippen molar-refractivity contribution in [2.75, 3.05) is 5.32 Å². The van der Waals surface area contributed by atoms with Gasteiger partial charge in [-0.25, -0.2) is 14.4 Å². The van der Waals surface area contributed by atoms with Crippen molar-refractivity contribution in [3.05, 3.63) is 77.8 Å². The van der Waals surface area contributed by atoms with Gasteiger partial charge in [0.1, 0.15) is 10.8 Å². The van der Waals surface area contributed by atoms with Gasteiger partial charge in [-0.3, -0.25) is 4.79 Å². The average molecular weight is 425 g/mol. The summed E-state index contributed by atoms with van der Waals surface area (Å²) in [5.74, 6) is -0.452. The van der Waals surface area contributed by atoms with E-state index < -0.39 is 0 Å². The number of hydrogen-bond acceptors (Lipinski definition) is 5. The van der Waals surface area contributed by atoms with Gasteiger partial charge in [-0.2, -0.15) is 0 Å². The lowest BCUT2D eigenvalue weighted by molar-refractivity contribution is -0.115. The van der Waals surface area contributed by atoms with Crippen LogP contribution < -0.4 is 5.32 Å². The number of imidazole rings is 1. The van der Waals surface area contributed by atoms with Gasteiger partial charge in [0.15, 0.2) is 5.16 Å². The van der Waals surface area contributed by atoms with Crippen LogP contribution in [0.2, 0.25) is 0 Å². The first-order valence-corrected chi connectivity index (χ1v) is 10.5. The van der Waals surface area contributed by atoms with Gasteiger partial charge in [0.25, 0.3) is 0 Å². The summed E-state index contributed by atoms with van der Waals surface area (Å²) in [5, 5.41) is 6.31. The second-order valence-corrected chi connectivity index (χ2v) is 8.23. The normalized spacial score (nSPS) is 10.8. The third-order valence-electron chi connectivity index (χ3n) is 4.09. The zero-order valence-electron chi connectivity index (χ0n) is 15.5. The molecule has 0 fully saturated rings. The van der Waals surface area contributed by atoms with Crippen LogP contribution >= 0.6 is 23.1 Å². The summed E-state index contributed by atoms with van der Waals surface area (Å²) in [6.45, 7) is 0. The molecule has 2 aromatic heterocycles. The second-order valence-electron chi connectivity index (χ2n) is 6.33. The van der Waals surface area contributed by atoms with Crippen molar-refractivity contribution in [2.24, 2.45) is 7.05 Å². The van der Waals surface area contributed by atoms with Crippen LogP contribution in [0.4, 0.5) is 10.1 Å². The number of rotatable bonds is 6. The van der Waals surface area contributed by atoms with Crippen molar-refractivity contribution in [1.82, 2.24) is 14.5 Å². The molecule has 4 aromatic rings. The van der Waals surface area contributed by atoms with E-state index in [4.69, 9.17) is 0 Å². The number of aromatic nitrogens is 3. The number of amides is 1. The first-order chi connectivity index (χ1) is 14.1. The van der Waals surface area contributed by atoms with Crippen molar-refractivity contribution < 1.29 is 9.18 Å². The Kier molecular flexibility index (Phi) is 5.73. The van der Waals surface area contributed by atoms with E-state index in [1.54, 1.807) is 30.1 Å². The van der Waals surface area contributed by atoms with Gasteiger partial charge >= 0.3 is 0 Å². The molecule has 8 heteroatoms. The van der Waals surface area contributed by atoms with E-state index in [1.165, 1.54) is 23.5 Å². The topological polar surface area (TPSA) is 59.8 Å². The highest BCUT2D eigenvalue weighted by Gasteiger charge is 2.10. The smallest absolute Gasteiger partial charge is 0.230 e. The molecule has 0 saturated carbocycles. The summed E-state index contributed by atoms with van der Waals surface area (Å²) < 4.78 is 15.3. The van der Waals surface area contributed by atoms with Crippen molar-refractivity contribution in [3.63, 3.8) is 0 Å². The van der Waals surface area contributed by atoms with E-state index in [2.05, 4.69) is 15.3 Å². The first-order valence-electron chi connectivity index (χ1n) is 8.82. The van der Waals surface area contributed by atoms with Crippen molar-refractivity contribution in [2.45, 2.75) is 16.5 Å². The van der Waals surface area contributed by atoms with E-state index >= 15 is 0 Å². The van der Waals surface area contributed by atoms with Crippen LogP contribution in [-0.4, -0.2) is 20.4 Å². The van der Waals surface area contributed by atoms with E-state index in [1.807, 2.05) is 47.5 Å². The third kappa shape index (κ3) is 4.90. The highest BCUT2D eigenvalue weighted by atomic mass is 32.2. The van der Waals surface area contributed by atoms with Crippen LogP contribution in [0.1, 0.15) is 5.69 Å². The fourth-order valence-corrected chi connectivity index (χ4v) is 4.29. The third-order valence-corrected chi connectivity index (χ3v) is 6.11. The maximum atomic E-state index is 13.4. The quantitative estimate of drug-likeness (QED) is 0.472. The summed E-state index contributed by atoms with van der Waals surface area (Å²) in [5.41, 5.74) is 2.09. The molecule has 1 amide bonds. The lowest BCUT2D eigenvalue weighted by Crippen LogP contribution is -2.14. The molecule has 0 aliphatic rings. The van der Waals surface area contributed by atoms with Gasteiger partial charge in [0, 0.05) is 41.0 Å². The molecule has 4 rings (SSSR count). The molecule has 2 aromatic carbocycles. The molecule has 0 radical (unpaired) electrons. The Balaban J connectivity index is 1.36. The Morgan fingerprint density at radius 1 is 1.24 bits per heavy atom. The SMILES string of the molecule is Cn1ccnc1Sc1ccc(NC(=O)Cc2csc(-c3cccc(F)c3)n2)cc1. The average Bonchev–Trinajstić information content (AvgIpc) is 3.33. The van der Waals surface area contributed by atoms with Crippen LogP contribution in [0.15, 0.2) is 76.4 Å². The molecule has 0 aliphatic heterocycles. The Morgan fingerprint density at radius 2 is 2.07 bits per heavy atom. The second kappa shape index (κ2) is 8.59. The molecule has 146 valence electrons. The van der Waals surface area contributed by atoms with E-state index in [0.29, 0.717) is 16.3 Å². The standard InChI is InChI=1S/C21H17FN4OS2/c1-26-10-9-23-21(26)29-18-7-5-16(6-8-18)24-19(27)12-17-13-28-20(25-17)14-3-2-4-15(22)11-14/h2-11,13H,12H2,1H3,(H,24,27). The number of carbonyl (C=O) groups is 1. The molecule has 5 nitrogen and oxygen atoms in total. The minimum absolute atomic E-state index is 0.148. The van der Waals surface area contributed by atoms with Crippen molar-refractivity contribution >= 4 is 34.7 Å². The van der Waals surface area contributed by atoms with Gasteiger partial charge in [-0.1, -0.05) is 23.9 Å². The van der Waals surface area contributed by atoms with Crippen LogP contribution in [0.3, 0.4) is 0 Å². The van der Waals surface area contributed by atoms with Gasteiger partial charge in [0.2, 0.25) is 5.91 Å². The number of carbonyl (C=O) groups excluding carboxylic acids is 1. The highest BCUT2D eigenvalue weighted by Crippen LogP contribution is 2.27. The fraction of sp³-hybridized carbons (Fsp3) is 0.0952. The molecular formula is C21H17FN4OS2. The molecule has 0 unspecified atom stereocenters. The van der Waals surface area contributed by atoms with E-state index in [9.17, 15) is 9.18 Å². The maximum absolute atomic E-state index is 13.4. The monoisotopic (exact) mass is 424 g/mol. The molecule has 0 atom stereocenters. The summed E-state index contributed by atoms with van der Waals surface area (Å²) >= 11 is 2.95. The molecule has 0 spiro atoms. The number of halogens is 1. The molecule has 0 bridgehead atoms. The summed E-state index contributed by atoms with van der Waals surface area (Å²) in [6.07, 6.45) is 3.82. The number of aryl methyl sites for hydroxylation is 1. The van der Waals surface area contributed by atoms with Crippen LogP contribution in [-0.2, 0) is 18.3 Å². The molecule has 2 heterocycles. The molecular weight excluding hydrogens is 407 g/mol. The highest BCUT2D eigenvalue weighted by molar-refractivity contribution is 7.99. The van der Waals surface area contributed by atoms with Crippen LogP contribution in [0.25, 0.3) is 10.6 Å². The van der Waals surface area contributed by atoms with Crippen molar-refractivity contribution in [1.29, 1.82) is 0 Å². The van der Waals surface area contributed by atoms with Crippen LogP contribution in [0, 0.1) is 5.82 Å². The van der Waals surface area contributed by atoms with Gasteiger partial charge in [0.05, 0.1) is 12.1 Å². The maximum Gasteiger partial charge on any atom is 0.230 e. The number of anilines is 1. The summed E-state index contributed by atoms with van der Waals surface area (Å²) in [4.78, 5) is 22.1. The molecule has 0 aliphatic carbocycles. The lowest BCUT2D eigenvalue weighted by atomic mass is 10.2. The number of hydrogen-bond donors (Lipinski definition) is 1. The van der Waals surface area contributed by atoms with Gasteiger partial charge in [-0.05, 0) is 36.4 Å². The van der Waals surface area contributed by atoms with Gasteiger partial charge < -0.3 is 9.88 Å².